The van der Waals surface area contributed by atoms with Crippen molar-refractivity contribution in [3.05, 3.63) is 59.7 Å². The molecule has 2 saturated heterocycles. The van der Waals surface area contributed by atoms with Crippen LogP contribution in [0.4, 0.5) is 4.79 Å². The molecule has 5 atom stereocenters. The Kier molecular flexibility index (Phi) is 20.8. The first-order valence-corrected chi connectivity index (χ1v) is 23.9. The van der Waals surface area contributed by atoms with E-state index in [1.54, 1.807) is 39.8 Å². The molecule has 2 heterocycles. The van der Waals surface area contributed by atoms with Gasteiger partial charge in [0.2, 0.25) is 17.7 Å². The van der Waals surface area contributed by atoms with Crippen LogP contribution in [0, 0.1) is 11.8 Å². The Balaban J connectivity index is 1.40. The van der Waals surface area contributed by atoms with E-state index in [0.717, 1.165) is 43.2 Å². The highest BCUT2D eigenvalue weighted by Gasteiger charge is 2.41. The second-order valence-electron chi connectivity index (χ2n) is 18.8. The van der Waals surface area contributed by atoms with Crippen molar-refractivity contribution in [2.45, 2.75) is 155 Å². The van der Waals surface area contributed by atoms with Gasteiger partial charge in [0.1, 0.15) is 18.2 Å². The van der Waals surface area contributed by atoms with Gasteiger partial charge in [0.25, 0.3) is 5.91 Å². The van der Waals surface area contributed by atoms with Gasteiger partial charge in [-0.25, -0.2) is 4.79 Å². The molecule has 2 aliphatic heterocycles. The number of alkyl carbamates (subject to hydrolysis) is 1. The number of β-lactam (4-membered cyclic amide) rings is 1. The minimum absolute atomic E-state index is 0.0725. The third-order valence-electron chi connectivity index (χ3n) is 12.2. The zero-order valence-corrected chi connectivity index (χ0v) is 40.2. The average molecular weight is 916 g/mol. The number of hydrogen-bond donors (Lipinski definition) is 3. The van der Waals surface area contributed by atoms with Crippen LogP contribution in [0.1, 0.15) is 141 Å². The van der Waals surface area contributed by atoms with Crippen molar-refractivity contribution in [1.82, 2.24) is 25.8 Å². The van der Waals surface area contributed by atoms with Gasteiger partial charge in [-0.2, -0.15) is 0 Å². The Morgan fingerprint density at radius 3 is 2.08 bits per heavy atom. The molecule has 0 aliphatic carbocycles. The van der Waals surface area contributed by atoms with E-state index in [-0.39, 0.29) is 49.8 Å². The van der Waals surface area contributed by atoms with Crippen LogP contribution in [-0.4, -0.2) is 114 Å². The first-order valence-electron chi connectivity index (χ1n) is 23.9. The number of benzene rings is 2. The number of likely N-dealkylation sites (tertiary alicyclic amines) is 2. The lowest BCUT2D eigenvalue weighted by molar-refractivity contribution is -0.158. The SMILES string of the molecule is CCCCC[C@H](NC(=O)[C@H](C)CC(=O)[C@@H]1CCCN1C(=O)[C@H](CCCCNC(=O)OC(C)(C)C)NC(=O)c1ccc(-c2ccc(CCCC)cc2)cc1)C(=O)C[C@@H]1CN(CC(=O)OC)C1=O. The highest BCUT2D eigenvalue weighted by atomic mass is 16.6. The third-order valence-corrected chi connectivity index (χ3v) is 12.2. The third kappa shape index (κ3) is 16.4. The number of esters is 1. The second kappa shape index (κ2) is 25.9. The number of nitrogens with zero attached hydrogens (tertiary/aromatic N) is 2. The summed E-state index contributed by atoms with van der Waals surface area (Å²) in [4.78, 5) is 108. The van der Waals surface area contributed by atoms with E-state index in [1.165, 1.54) is 22.5 Å². The predicted molar refractivity (Wildman–Crippen MR) is 251 cm³/mol. The maximum Gasteiger partial charge on any atom is 0.407 e. The standard InChI is InChI=1S/C51H73N5O10/c1-8-10-12-17-40(43(57)31-39-32-55(48(39)62)33-45(59)65-7)53-46(60)34(3)30-44(58)42-19-15-29-56(42)49(63)41(18-13-14-28-52-50(64)66-51(4,5)6)54-47(61)38-26-24-37(25-27-38)36-22-20-35(21-23-36)16-11-9-2/h20-27,34,39-42H,8-19,28-33H2,1-7H3,(H,52,64)(H,53,60)(H,54,61)/t34-,39-,40+,41+,42+/m1/s1. The minimum Gasteiger partial charge on any atom is -0.468 e. The van der Waals surface area contributed by atoms with Gasteiger partial charge in [-0.15, -0.1) is 0 Å². The van der Waals surface area contributed by atoms with Gasteiger partial charge in [0.05, 0.1) is 25.1 Å². The van der Waals surface area contributed by atoms with Gasteiger partial charge in [-0.05, 0) is 101 Å². The smallest absolute Gasteiger partial charge is 0.407 e. The molecule has 0 bridgehead atoms. The maximum atomic E-state index is 14.4. The molecule has 362 valence electrons. The first-order chi connectivity index (χ1) is 31.4. The summed E-state index contributed by atoms with van der Waals surface area (Å²) >= 11 is 0. The quantitative estimate of drug-likeness (QED) is 0.0517. The Hall–Kier alpha value is -5.60. The van der Waals surface area contributed by atoms with E-state index in [9.17, 15) is 38.4 Å². The van der Waals surface area contributed by atoms with Crippen molar-refractivity contribution in [2.75, 3.05) is 33.3 Å². The molecule has 2 aromatic carbocycles. The number of amides is 5. The first kappa shape index (κ1) is 53.0. The highest BCUT2D eigenvalue weighted by molar-refractivity contribution is 6.00. The van der Waals surface area contributed by atoms with E-state index < -0.39 is 65.3 Å². The van der Waals surface area contributed by atoms with Crippen LogP contribution in [0.15, 0.2) is 48.5 Å². The van der Waals surface area contributed by atoms with Gasteiger partial charge >= 0.3 is 12.1 Å². The Morgan fingerprint density at radius 2 is 1.45 bits per heavy atom. The molecule has 15 heteroatoms. The van der Waals surface area contributed by atoms with Crippen LogP contribution in [0.2, 0.25) is 0 Å². The highest BCUT2D eigenvalue weighted by Crippen LogP contribution is 2.26. The molecule has 0 radical (unpaired) electrons. The molecule has 2 fully saturated rings. The van der Waals surface area contributed by atoms with Gasteiger partial charge in [-0.1, -0.05) is 82.9 Å². The van der Waals surface area contributed by atoms with Crippen molar-refractivity contribution in [2.24, 2.45) is 11.8 Å². The fourth-order valence-corrected chi connectivity index (χ4v) is 8.34. The zero-order valence-electron chi connectivity index (χ0n) is 40.2. The summed E-state index contributed by atoms with van der Waals surface area (Å²) in [5.74, 6) is -4.12. The largest absolute Gasteiger partial charge is 0.468 e. The van der Waals surface area contributed by atoms with Gasteiger partial charge in [-0.3, -0.25) is 33.6 Å². The van der Waals surface area contributed by atoms with Crippen molar-refractivity contribution in [3.8, 4) is 11.1 Å². The Bertz CT molecular complexity index is 1980. The summed E-state index contributed by atoms with van der Waals surface area (Å²) < 4.78 is 9.97. The number of carbonyl (C=O) groups is 8. The topological polar surface area (TPSA) is 198 Å². The molecule has 0 unspecified atom stereocenters. The molecular weight excluding hydrogens is 843 g/mol. The number of Topliss-reactive ketones (excluding diaryl/α,β-unsaturated/α-hetero) is 2. The number of methoxy groups -OCH3 is 1. The Labute approximate surface area is 390 Å². The van der Waals surface area contributed by atoms with Crippen molar-refractivity contribution in [3.63, 3.8) is 0 Å². The monoisotopic (exact) mass is 916 g/mol. The lowest BCUT2D eigenvalue weighted by atomic mass is 9.89. The predicted octanol–water partition coefficient (Wildman–Crippen LogP) is 6.73. The molecule has 2 aromatic rings. The second-order valence-corrected chi connectivity index (χ2v) is 18.8. The van der Waals surface area contributed by atoms with E-state index in [1.807, 2.05) is 19.1 Å². The summed E-state index contributed by atoms with van der Waals surface area (Å²) in [6.07, 6.45) is 7.51. The Morgan fingerprint density at radius 1 is 0.818 bits per heavy atom. The molecule has 0 saturated carbocycles. The summed E-state index contributed by atoms with van der Waals surface area (Å²) in [6, 6.07) is 13.0. The van der Waals surface area contributed by atoms with Gasteiger partial charge in [0, 0.05) is 44.0 Å². The molecule has 5 amide bonds. The molecule has 15 nitrogen and oxygen atoms in total. The van der Waals surface area contributed by atoms with Crippen molar-refractivity contribution < 1.29 is 47.8 Å². The number of rotatable bonds is 26. The summed E-state index contributed by atoms with van der Waals surface area (Å²) in [7, 11) is 1.24. The molecule has 66 heavy (non-hydrogen) atoms. The van der Waals surface area contributed by atoms with E-state index in [2.05, 4.69) is 51.9 Å². The molecule has 0 spiro atoms. The number of aryl methyl sites for hydroxylation is 1. The van der Waals surface area contributed by atoms with Crippen LogP contribution in [0.3, 0.4) is 0 Å². The number of unbranched alkanes of at least 4 members (excludes halogenated alkanes) is 4. The minimum atomic E-state index is -0.964. The van der Waals surface area contributed by atoms with Crippen LogP contribution in [0.5, 0.6) is 0 Å². The van der Waals surface area contributed by atoms with E-state index in [4.69, 9.17) is 4.74 Å². The number of nitrogens with one attached hydrogen (secondary N) is 3. The molecular formula is C51H73N5O10. The zero-order chi connectivity index (χ0) is 48.4. The van der Waals surface area contributed by atoms with E-state index in [0.29, 0.717) is 57.2 Å². The summed E-state index contributed by atoms with van der Waals surface area (Å²) in [5.41, 5.74) is 2.98. The van der Waals surface area contributed by atoms with E-state index >= 15 is 0 Å². The summed E-state index contributed by atoms with van der Waals surface area (Å²) in [6.45, 7) is 11.8. The fourth-order valence-electron chi connectivity index (χ4n) is 8.34. The number of hydrogen-bond acceptors (Lipinski definition) is 10. The summed E-state index contributed by atoms with van der Waals surface area (Å²) in [5, 5.41) is 8.52. The van der Waals surface area contributed by atoms with Crippen LogP contribution < -0.4 is 16.0 Å². The van der Waals surface area contributed by atoms with Gasteiger partial charge in [0.15, 0.2) is 11.6 Å². The average Bonchev–Trinajstić information content (AvgIpc) is 3.79. The van der Waals surface area contributed by atoms with Crippen LogP contribution in [-0.2, 0) is 44.7 Å². The fraction of sp³-hybridized carbons (Fsp3) is 0.608. The lowest BCUT2D eigenvalue weighted by Gasteiger charge is -2.37. The molecule has 3 N–H and O–H groups in total. The normalized spacial score (nSPS) is 17.2. The lowest BCUT2D eigenvalue weighted by Crippen LogP contribution is -2.56. The van der Waals surface area contributed by atoms with Crippen LogP contribution in [0.25, 0.3) is 11.1 Å². The van der Waals surface area contributed by atoms with Crippen molar-refractivity contribution in [1.29, 1.82) is 0 Å². The number of ketones is 2. The van der Waals surface area contributed by atoms with Gasteiger partial charge < -0.3 is 35.2 Å². The number of carbonyl (C=O) groups excluding carboxylic acids is 8. The molecule has 4 rings (SSSR count). The molecule has 0 aromatic heterocycles. The molecule has 2 aliphatic rings. The van der Waals surface area contributed by atoms with Crippen LogP contribution >= 0.6 is 0 Å². The van der Waals surface area contributed by atoms with Crippen molar-refractivity contribution >= 4 is 47.3 Å². The number of ether oxygens (including phenoxy) is 2. The maximum absolute atomic E-state index is 14.4.